The van der Waals surface area contributed by atoms with Crippen molar-refractivity contribution in [3.05, 3.63) is 60.7 Å². The third kappa shape index (κ3) is 2.51. The molecular formula is C17H15BO3. The van der Waals surface area contributed by atoms with Crippen molar-refractivity contribution in [1.29, 1.82) is 0 Å². The van der Waals surface area contributed by atoms with E-state index in [-0.39, 0.29) is 0 Å². The highest BCUT2D eigenvalue weighted by molar-refractivity contribution is 6.59. The van der Waals surface area contributed by atoms with Gasteiger partial charge in [0.15, 0.2) is 0 Å². The summed E-state index contributed by atoms with van der Waals surface area (Å²) in [5, 5.41) is 21.0. The molecule has 0 heterocycles. The number of hydrogen-bond acceptors (Lipinski definition) is 3. The zero-order valence-electron chi connectivity index (χ0n) is 11.7. The first-order valence-electron chi connectivity index (χ1n) is 6.73. The first kappa shape index (κ1) is 13.7. The minimum atomic E-state index is -1.54. The molecule has 3 aromatic carbocycles. The highest BCUT2D eigenvalue weighted by Crippen LogP contribution is 2.30. The predicted octanol–water partition coefficient (Wildman–Crippen LogP) is 2.20. The maximum atomic E-state index is 9.34. The zero-order valence-corrected chi connectivity index (χ0v) is 11.7. The van der Waals surface area contributed by atoms with Gasteiger partial charge in [0.05, 0.1) is 7.11 Å². The van der Waals surface area contributed by atoms with Crippen LogP contribution in [0.1, 0.15) is 0 Å². The number of benzene rings is 3. The van der Waals surface area contributed by atoms with Crippen LogP contribution in [0.3, 0.4) is 0 Å². The molecule has 0 amide bonds. The van der Waals surface area contributed by atoms with Crippen LogP contribution < -0.4 is 10.2 Å². The van der Waals surface area contributed by atoms with Crippen molar-refractivity contribution in [2.24, 2.45) is 0 Å². The fraction of sp³-hybridized carbons (Fsp3) is 0.0588. The van der Waals surface area contributed by atoms with E-state index in [0.29, 0.717) is 11.2 Å². The second kappa shape index (κ2) is 5.60. The quantitative estimate of drug-likeness (QED) is 0.722. The Bertz CT molecular complexity index is 779. The highest BCUT2D eigenvalue weighted by atomic mass is 16.5. The van der Waals surface area contributed by atoms with E-state index in [9.17, 15) is 10.0 Å². The molecule has 2 N–H and O–H groups in total. The lowest BCUT2D eigenvalue weighted by Gasteiger charge is -2.12. The van der Waals surface area contributed by atoms with Gasteiger partial charge in [0.1, 0.15) is 5.75 Å². The van der Waals surface area contributed by atoms with Gasteiger partial charge in [-0.15, -0.1) is 0 Å². The molecule has 21 heavy (non-hydrogen) atoms. The van der Waals surface area contributed by atoms with E-state index in [2.05, 4.69) is 18.2 Å². The number of hydrogen-bond donors (Lipinski definition) is 2. The maximum Gasteiger partial charge on any atom is 0.492 e. The molecule has 3 nitrogen and oxygen atoms in total. The van der Waals surface area contributed by atoms with Crippen molar-refractivity contribution in [1.82, 2.24) is 0 Å². The lowest BCUT2D eigenvalue weighted by molar-refractivity contribution is 0.403. The van der Waals surface area contributed by atoms with Crippen molar-refractivity contribution in [2.75, 3.05) is 7.11 Å². The SMILES string of the molecule is COc1cc(-c2cccc3ccccc23)ccc1B(O)O. The summed E-state index contributed by atoms with van der Waals surface area (Å²) in [5.41, 5.74) is 2.43. The van der Waals surface area contributed by atoms with E-state index < -0.39 is 7.12 Å². The van der Waals surface area contributed by atoms with Crippen LogP contribution in [0.15, 0.2) is 60.7 Å². The van der Waals surface area contributed by atoms with Gasteiger partial charge >= 0.3 is 7.12 Å². The van der Waals surface area contributed by atoms with E-state index >= 15 is 0 Å². The summed E-state index contributed by atoms with van der Waals surface area (Å²) in [6.45, 7) is 0. The van der Waals surface area contributed by atoms with Crippen molar-refractivity contribution in [3.63, 3.8) is 0 Å². The van der Waals surface area contributed by atoms with Crippen LogP contribution in [-0.4, -0.2) is 24.3 Å². The van der Waals surface area contributed by atoms with Gasteiger partial charge in [-0.1, -0.05) is 54.6 Å². The molecule has 0 fully saturated rings. The first-order valence-corrected chi connectivity index (χ1v) is 6.73. The highest BCUT2D eigenvalue weighted by Gasteiger charge is 2.17. The van der Waals surface area contributed by atoms with E-state index in [0.717, 1.165) is 16.5 Å². The van der Waals surface area contributed by atoms with Gasteiger partial charge in [-0.05, 0) is 28.0 Å². The summed E-state index contributed by atoms with van der Waals surface area (Å²) in [4.78, 5) is 0. The Morgan fingerprint density at radius 2 is 1.67 bits per heavy atom. The molecule has 3 rings (SSSR count). The Morgan fingerprint density at radius 1 is 0.905 bits per heavy atom. The van der Waals surface area contributed by atoms with Crippen LogP contribution in [0, 0.1) is 0 Å². The summed E-state index contributed by atoms with van der Waals surface area (Å²) in [6, 6.07) is 19.7. The molecule has 0 spiro atoms. The fourth-order valence-electron chi connectivity index (χ4n) is 2.57. The van der Waals surface area contributed by atoms with Gasteiger partial charge in [0.2, 0.25) is 0 Å². The lowest BCUT2D eigenvalue weighted by atomic mass is 9.78. The Balaban J connectivity index is 2.19. The summed E-state index contributed by atoms with van der Waals surface area (Å²) in [6.07, 6.45) is 0. The van der Waals surface area contributed by atoms with Crippen molar-refractivity contribution < 1.29 is 14.8 Å². The molecule has 104 valence electrons. The van der Waals surface area contributed by atoms with E-state index in [1.54, 1.807) is 6.07 Å². The molecule has 0 saturated carbocycles. The molecule has 0 bridgehead atoms. The third-order valence-electron chi connectivity index (χ3n) is 3.61. The average Bonchev–Trinajstić information content (AvgIpc) is 2.53. The molecule has 0 aliphatic carbocycles. The number of ether oxygens (including phenoxy) is 1. The Kier molecular flexibility index (Phi) is 3.65. The van der Waals surface area contributed by atoms with E-state index in [4.69, 9.17) is 4.74 Å². The molecule has 0 aliphatic rings. The number of methoxy groups -OCH3 is 1. The summed E-state index contributed by atoms with van der Waals surface area (Å²) >= 11 is 0. The smallest absolute Gasteiger partial charge is 0.492 e. The predicted molar refractivity (Wildman–Crippen MR) is 85.8 cm³/mol. The molecule has 0 aliphatic heterocycles. The third-order valence-corrected chi connectivity index (χ3v) is 3.61. The zero-order chi connectivity index (χ0) is 14.8. The Labute approximate surface area is 123 Å². The average molecular weight is 278 g/mol. The normalized spacial score (nSPS) is 10.6. The fourth-order valence-corrected chi connectivity index (χ4v) is 2.57. The topological polar surface area (TPSA) is 49.7 Å². The molecule has 4 heteroatoms. The molecule has 0 atom stereocenters. The van der Waals surface area contributed by atoms with Gasteiger partial charge in [0.25, 0.3) is 0 Å². The molecule has 0 radical (unpaired) electrons. The molecule has 0 unspecified atom stereocenters. The van der Waals surface area contributed by atoms with Crippen molar-refractivity contribution >= 4 is 23.4 Å². The van der Waals surface area contributed by atoms with E-state index in [1.807, 2.05) is 36.4 Å². The molecule has 0 aromatic heterocycles. The summed E-state index contributed by atoms with van der Waals surface area (Å²) < 4.78 is 5.26. The van der Waals surface area contributed by atoms with Gasteiger partial charge in [-0.2, -0.15) is 0 Å². The van der Waals surface area contributed by atoms with Crippen LogP contribution in [0.4, 0.5) is 0 Å². The van der Waals surface area contributed by atoms with Crippen LogP contribution in [0.5, 0.6) is 5.75 Å². The van der Waals surface area contributed by atoms with Gasteiger partial charge < -0.3 is 14.8 Å². The summed E-state index contributed by atoms with van der Waals surface area (Å²) in [5.74, 6) is 0.468. The van der Waals surface area contributed by atoms with Crippen molar-refractivity contribution in [3.8, 4) is 16.9 Å². The van der Waals surface area contributed by atoms with Gasteiger partial charge in [0, 0.05) is 5.46 Å². The van der Waals surface area contributed by atoms with Crippen LogP contribution in [0.25, 0.3) is 21.9 Å². The Morgan fingerprint density at radius 3 is 2.43 bits per heavy atom. The minimum Gasteiger partial charge on any atom is -0.497 e. The number of rotatable bonds is 3. The number of fused-ring (bicyclic) bond motifs is 1. The van der Waals surface area contributed by atoms with Gasteiger partial charge in [-0.25, -0.2) is 0 Å². The maximum absolute atomic E-state index is 9.34. The standard InChI is InChI=1S/C17H15BO3/c1-21-17-11-13(9-10-16(17)18(19)20)15-8-4-6-12-5-2-3-7-14(12)15/h2-11,19-20H,1H3. The molecular weight excluding hydrogens is 263 g/mol. The van der Waals surface area contributed by atoms with E-state index in [1.165, 1.54) is 12.5 Å². The monoisotopic (exact) mass is 278 g/mol. The largest absolute Gasteiger partial charge is 0.497 e. The van der Waals surface area contributed by atoms with Crippen LogP contribution in [0.2, 0.25) is 0 Å². The molecule has 3 aromatic rings. The minimum absolute atomic E-state index is 0.362. The lowest BCUT2D eigenvalue weighted by Crippen LogP contribution is -2.31. The summed E-state index contributed by atoms with van der Waals surface area (Å²) in [7, 11) is -0.0183. The second-order valence-corrected chi connectivity index (χ2v) is 4.86. The second-order valence-electron chi connectivity index (χ2n) is 4.86. The van der Waals surface area contributed by atoms with Crippen LogP contribution in [-0.2, 0) is 0 Å². The van der Waals surface area contributed by atoms with Gasteiger partial charge in [-0.3, -0.25) is 0 Å². The van der Waals surface area contributed by atoms with Crippen molar-refractivity contribution in [2.45, 2.75) is 0 Å². The Hall–Kier alpha value is -2.30. The molecule has 0 saturated heterocycles. The van der Waals surface area contributed by atoms with Crippen LogP contribution >= 0.6 is 0 Å². The first-order chi connectivity index (χ1) is 10.2.